The second-order valence-electron chi connectivity index (χ2n) is 8.86. The molecule has 1 aliphatic rings. The van der Waals surface area contributed by atoms with Crippen molar-refractivity contribution in [3.8, 4) is 0 Å². The minimum absolute atomic E-state index is 0.264. The molecule has 4 aromatic rings. The molecule has 0 saturated carbocycles. The number of rotatable bonds is 5. The summed E-state index contributed by atoms with van der Waals surface area (Å²) in [5, 5.41) is 13.6. The lowest BCUT2D eigenvalue weighted by molar-refractivity contribution is -0.136. The maximum atomic E-state index is 13.6. The predicted molar refractivity (Wildman–Crippen MR) is 130 cm³/mol. The number of carbonyl (C=O) groups is 2. The van der Waals surface area contributed by atoms with E-state index < -0.39 is 11.5 Å². The summed E-state index contributed by atoms with van der Waals surface area (Å²) in [7, 11) is 0. The van der Waals surface area contributed by atoms with Gasteiger partial charge in [-0.3, -0.25) is 9.59 Å². The van der Waals surface area contributed by atoms with Gasteiger partial charge in [-0.2, -0.15) is 0 Å². The van der Waals surface area contributed by atoms with Crippen LogP contribution in [-0.4, -0.2) is 16.8 Å². The Morgan fingerprint density at radius 2 is 1.61 bits per heavy atom. The first-order valence-corrected chi connectivity index (χ1v) is 11.1. The SMILES string of the molecule is Cc1ccc(CN2C(=O)C(O)(CC(=O)c3ccc4ccccc4c3)c3ccccc32)c(C)c1. The average molecular weight is 436 g/mol. The van der Waals surface area contributed by atoms with E-state index in [1.165, 1.54) is 0 Å². The van der Waals surface area contributed by atoms with Crippen LogP contribution < -0.4 is 4.90 Å². The molecule has 1 heterocycles. The number of aryl methyl sites for hydroxylation is 2. The summed E-state index contributed by atoms with van der Waals surface area (Å²) < 4.78 is 0. The van der Waals surface area contributed by atoms with Gasteiger partial charge in [0.25, 0.3) is 5.91 Å². The van der Waals surface area contributed by atoms with Gasteiger partial charge in [-0.15, -0.1) is 0 Å². The highest BCUT2D eigenvalue weighted by molar-refractivity contribution is 6.11. The Hall–Kier alpha value is -3.76. The van der Waals surface area contributed by atoms with E-state index in [1.54, 1.807) is 23.1 Å². The summed E-state index contributed by atoms with van der Waals surface area (Å²) in [6, 6.07) is 26.6. The van der Waals surface area contributed by atoms with Crippen molar-refractivity contribution in [2.24, 2.45) is 0 Å². The maximum absolute atomic E-state index is 13.6. The van der Waals surface area contributed by atoms with Crippen LogP contribution in [0.2, 0.25) is 0 Å². The molecule has 1 atom stereocenters. The third kappa shape index (κ3) is 3.62. The molecule has 4 nitrogen and oxygen atoms in total. The molecule has 0 radical (unpaired) electrons. The van der Waals surface area contributed by atoms with Gasteiger partial charge in [-0.05, 0) is 47.9 Å². The average Bonchev–Trinajstić information content (AvgIpc) is 3.02. The molecule has 1 N–H and O–H groups in total. The number of ketones is 1. The smallest absolute Gasteiger partial charge is 0.264 e. The van der Waals surface area contributed by atoms with E-state index in [9.17, 15) is 14.7 Å². The Morgan fingerprint density at radius 1 is 0.879 bits per heavy atom. The highest BCUT2D eigenvalue weighted by Crippen LogP contribution is 2.43. The summed E-state index contributed by atoms with van der Waals surface area (Å²) in [5.41, 5.74) is 2.97. The van der Waals surface area contributed by atoms with Crippen molar-refractivity contribution in [2.75, 3.05) is 4.90 Å². The summed E-state index contributed by atoms with van der Waals surface area (Å²) in [6.07, 6.45) is -0.301. The Labute approximate surface area is 193 Å². The zero-order valence-corrected chi connectivity index (χ0v) is 18.7. The number of Topliss-reactive ketones (excluding diaryl/α,β-unsaturated/α-hetero) is 1. The third-order valence-electron chi connectivity index (χ3n) is 6.55. The molecular formula is C29H25NO3. The van der Waals surface area contributed by atoms with Crippen LogP contribution >= 0.6 is 0 Å². The summed E-state index contributed by atoms with van der Waals surface area (Å²) >= 11 is 0. The monoisotopic (exact) mass is 435 g/mol. The van der Waals surface area contributed by atoms with Gasteiger partial charge in [0.05, 0.1) is 18.7 Å². The highest BCUT2D eigenvalue weighted by Gasteiger charge is 2.50. The zero-order chi connectivity index (χ0) is 23.2. The molecule has 164 valence electrons. The van der Waals surface area contributed by atoms with E-state index in [1.807, 2.05) is 74.5 Å². The normalized spacial score (nSPS) is 17.4. The molecule has 5 rings (SSSR count). The highest BCUT2D eigenvalue weighted by atomic mass is 16.3. The number of anilines is 1. The van der Waals surface area contributed by atoms with Crippen LogP contribution in [0.3, 0.4) is 0 Å². The Balaban J connectivity index is 1.48. The minimum atomic E-state index is -1.89. The van der Waals surface area contributed by atoms with Crippen LogP contribution in [-0.2, 0) is 16.9 Å². The molecule has 0 fully saturated rings. The Bertz CT molecular complexity index is 1410. The first kappa shape index (κ1) is 21.1. The van der Waals surface area contributed by atoms with Gasteiger partial charge in [0.2, 0.25) is 0 Å². The molecule has 1 amide bonds. The lowest BCUT2D eigenvalue weighted by atomic mass is 9.87. The number of benzene rings is 4. The van der Waals surface area contributed by atoms with E-state index in [0.29, 0.717) is 23.4 Å². The van der Waals surface area contributed by atoms with Gasteiger partial charge < -0.3 is 10.0 Å². The molecule has 1 unspecified atom stereocenters. The lowest BCUT2D eigenvalue weighted by Gasteiger charge is -2.23. The fraction of sp³-hybridized carbons (Fsp3) is 0.172. The molecule has 0 spiro atoms. The molecule has 4 aromatic carbocycles. The number of carbonyl (C=O) groups excluding carboxylic acids is 2. The first-order valence-electron chi connectivity index (χ1n) is 11.1. The molecule has 33 heavy (non-hydrogen) atoms. The number of nitrogens with zero attached hydrogens (tertiary/aromatic N) is 1. The van der Waals surface area contributed by atoms with Crippen molar-refractivity contribution in [3.63, 3.8) is 0 Å². The van der Waals surface area contributed by atoms with Gasteiger partial charge in [-0.1, -0.05) is 78.4 Å². The topological polar surface area (TPSA) is 57.6 Å². The molecule has 4 heteroatoms. The number of hydrogen-bond acceptors (Lipinski definition) is 3. The summed E-state index contributed by atoms with van der Waals surface area (Å²) in [4.78, 5) is 28.4. The van der Waals surface area contributed by atoms with Crippen LogP contribution in [0, 0.1) is 13.8 Å². The number of hydrogen-bond donors (Lipinski definition) is 1. The van der Waals surface area contributed by atoms with E-state index in [-0.39, 0.29) is 12.2 Å². The summed E-state index contributed by atoms with van der Waals surface area (Å²) in [6.45, 7) is 4.39. The summed E-state index contributed by atoms with van der Waals surface area (Å²) in [5.74, 6) is -0.724. The maximum Gasteiger partial charge on any atom is 0.264 e. The second kappa shape index (κ2) is 7.98. The molecule has 1 aliphatic heterocycles. The van der Waals surface area contributed by atoms with Crippen LogP contribution in [0.25, 0.3) is 10.8 Å². The van der Waals surface area contributed by atoms with Crippen LogP contribution in [0.5, 0.6) is 0 Å². The van der Waals surface area contributed by atoms with Crippen molar-refractivity contribution in [1.29, 1.82) is 0 Å². The van der Waals surface area contributed by atoms with Crippen LogP contribution in [0.4, 0.5) is 5.69 Å². The zero-order valence-electron chi connectivity index (χ0n) is 18.7. The first-order chi connectivity index (χ1) is 15.9. The lowest BCUT2D eigenvalue weighted by Crippen LogP contribution is -2.41. The van der Waals surface area contributed by atoms with E-state index in [2.05, 4.69) is 6.07 Å². The number of fused-ring (bicyclic) bond motifs is 2. The largest absolute Gasteiger partial charge is 0.375 e. The van der Waals surface area contributed by atoms with Crippen LogP contribution in [0.15, 0.2) is 84.9 Å². The Kier molecular flexibility index (Phi) is 5.10. The Morgan fingerprint density at radius 3 is 2.39 bits per heavy atom. The second-order valence-corrected chi connectivity index (χ2v) is 8.86. The quantitative estimate of drug-likeness (QED) is 0.423. The molecule has 0 aliphatic carbocycles. The molecule has 0 aromatic heterocycles. The number of amides is 1. The van der Waals surface area contributed by atoms with E-state index in [0.717, 1.165) is 27.5 Å². The molecule has 0 saturated heterocycles. The van der Waals surface area contributed by atoms with Crippen molar-refractivity contribution >= 4 is 28.2 Å². The standard InChI is InChI=1S/C29H25NO3/c1-19-11-12-24(20(2)15-19)18-30-26-10-6-5-9-25(26)29(33,28(30)32)17-27(31)23-14-13-21-7-3-4-8-22(21)16-23/h3-16,33H,17-18H2,1-2H3. The molecule has 0 bridgehead atoms. The van der Waals surface area contributed by atoms with Crippen molar-refractivity contribution in [1.82, 2.24) is 0 Å². The van der Waals surface area contributed by atoms with Gasteiger partial charge in [0.15, 0.2) is 11.4 Å². The van der Waals surface area contributed by atoms with Crippen molar-refractivity contribution in [3.05, 3.63) is 113 Å². The predicted octanol–water partition coefficient (Wildman–Crippen LogP) is 5.46. The fourth-order valence-corrected chi connectivity index (χ4v) is 4.73. The minimum Gasteiger partial charge on any atom is -0.375 e. The van der Waals surface area contributed by atoms with Gasteiger partial charge in [0.1, 0.15) is 0 Å². The van der Waals surface area contributed by atoms with E-state index in [4.69, 9.17) is 0 Å². The van der Waals surface area contributed by atoms with Crippen molar-refractivity contribution in [2.45, 2.75) is 32.4 Å². The van der Waals surface area contributed by atoms with Crippen LogP contribution in [0.1, 0.15) is 39.0 Å². The fourth-order valence-electron chi connectivity index (χ4n) is 4.73. The van der Waals surface area contributed by atoms with E-state index >= 15 is 0 Å². The van der Waals surface area contributed by atoms with Crippen molar-refractivity contribution < 1.29 is 14.7 Å². The molecular weight excluding hydrogens is 410 g/mol. The number of aliphatic hydroxyl groups is 1. The van der Waals surface area contributed by atoms with Gasteiger partial charge in [-0.25, -0.2) is 0 Å². The number of para-hydroxylation sites is 1. The third-order valence-corrected chi connectivity index (χ3v) is 6.55. The van der Waals surface area contributed by atoms with Gasteiger partial charge in [0, 0.05) is 11.1 Å². The van der Waals surface area contributed by atoms with Gasteiger partial charge >= 0.3 is 0 Å².